The molecule has 20 heavy (non-hydrogen) atoms. The summed E-state index contributed by atoms with van der Waals surface area (Å²) in [6.45, 7) is 0. The number of hydrogen-bond acceptors (Lipinski definition) is 0. The fourth-order valence-corrected chi connectivity index (χ4v) is 2.97. The summed E-state index contributed by atoms with van der Waals surface area (Å²) in [6.07, 6.45) is 0. The molecule has 3 aromatic rings. The Balaban J connectivity index is 2.14. The van der Waals surface area contributed by atoms with E-state index in [2.05, 4.69) is 101 Å². The predicted octanol–water partition coefficient (Wildman–Crippen LogP) is 5.63. The lowest BCUT2D eigenvalue weighted by atomic mass is 9.85. The van der Waals surface area contributed by atoms with Crippen LogP contribution in [0.5, 0.6) is 0 Å². The van der Waals surface area contributed by atoms with E-state index in [1.54, 1.807) is 0 Å². The fourth-order valence-electron chi connectivity index (χ4n) is 2.55. The van der Waals surface area contributed by atoms with Crippen LogP contribution in [-0.2, 0) is 0 Å². The fraction of sp³-hybridized carbons (Fsp3) is 0.0526. The van der Waals surface area contributed by atoms with Crippen LogP contribution in [0.15, 0.2) is 89.4 Å². The highest BCUT2D eigenvalue weighted by Gasteiger charge is 2.16. The van der Waals surface area contributed by atoms with Gasteiger partial charge in [0, 0.05) is 10.4 Å². The molecule has 0 heterocycles. The minimum absolute atomic E-state index is 0.273. The van der Waals surface area contributed by atoms with Crippen molar-refractivity contribution in [2.45, 2.75) is 5.92 Å². The summed E-state index contributed by atoms with van der Waals surface area (Å²) in [6, 6.07) is 29.8. The van der Waals surface area contributed by atoms with Crippen LogP contribution < -0.4 is 0 Å². The van der Waals surface area contributed by atoms with E-state index < -0.39 is 0 Å². The normalized spacial score (nSPS) is 10.7. The van der Waals surface area contributed by atoms with Crippen molar-refractivity contribution >= 4 is 15.9 Å². The van der Waals surface area contributed by atoms with Gasteiger partial charge >= 0.3 is 0 Å². The summed E-state index contributed by atoms with van der Waals surface area (Å²) in [5, 5.41) is 0. The molecule has 0 spiro atoms. The molecule has 1 heteroatoms. The van der Waals surface area contributed by atoms with E-state index in [-0.39, 0.29) is 5.92 Å². The maximum absolute atomic E-state index is 3.58. The standard InChI is InChI=1S/C19H15Br/c20-18-13-7-12-17(14-18)19(15-8-3-1-4-9-15)16-10-5-2-6-11-16/h1-14,19H. The van der Waals surface area contributed by atoms with E-state index in [9.17, 15) is 0 Å². The maximum atomic E-state index is 3.58. The summed E-state index contributed by atoms with van der Waals surface area (Å²) in [5.41, 5.74) is 3.94. The van der Waals surface area contributed by atoms with Crippen LogP contribution in [0.3, 0.4) is 0 Å². The Labute approximate surface area is 128 Å². The van der Waals surface area contributed by atoms with Crippen molar-refractivity contribution in [3.8, 4) is 0 Å². The van der Waals surface area contributed by atoms with Gasteiger partial charge in [-0.25, -0.2) is 0 Å². The summed E-state index contributed by atoms with van der Waals surface area (Å²) >= 11 is 3.58. The lowest BCUT2D eigenvalue weighted by Gasteiger charge is -2.19. The third-order valence-corrected chi connectivity index (χ3v) is 3.94. The molecular formula is C19H15Br. The predicted molar refractivity (Wildman–Crippen MR) is 88.0 cm³/mol. The second-order valence-corrected chi connectivity index (χ2v) is 5.73. The van der Waals surface area contributed by atoms with Crippen LogP contribution >= 0.6 is 15.9 Å². The molecule has 0 saturated carbocycles. The molecule has 0 atom stereocenters. The van der Waals surface area contributed by atoms with Gasteiger partial charge in [0.15, 0.2) is 0 Å². The largest absolute Gasteiger partial charge is 0.0622 e. The minimum atomic E-state index is 0.273. The topological polar surface area (TPSA) is 0 Å². The van der Waals surface area contributed by atoms with Crippen LogP contribution in [0, 0.1) is 0 Å². The van der Waals surface area contributed by atoms with Crippen molar-refractivity contribution in [3.63, 3.8) is 0 Å². The monoisotopic (exact) mass is 322 g/mol. The molecule has 0 radical (unpaired) electrons. The second-order valence-electron chi connectivity index (χ2n) is 4.81. The molecule has 0 bridgehead atoms. The Morgan fingerprint density at radius 2 is 1.05 bits per heavy atom. The van der Waals surface area contributed by atoms with Gasteiger partial charge in [0.05, 0.1) is 0 Å². The molecular weight excluding hydrogens is 308 g/mol. The first-order valence-electron chi connectivity index (χ1n) is 6.70. The molecule has 0 amide bonds. The van der Waals surface area contributed by atoms with Gasteiger partial charge in [0.25, 0.3) is 0 Å². The Bertz CT molecular complexity index is 635. The van der Waals surface area contributed by atoms with E-state index >= 15 is 0 Å². The zero-order chi connectivity index (χ0) is 13.8. The highest BCUT2D eigenvalue weighted by atomic mass is 79.9. The van der Waals surface area contributed by atoms with Crippen LogP contribution in [0.1, 0.15) is 22.6 Å². The molecule has 0 aliphatic carbocycles. The van der Waals surface area contributed by atoms with Gasteiger partial charge in [-0.15, -0.1) is 0 Å². The van der Waals surface area contributed by atoms with Crippen LogP contribution in [0.2, 0.25) is 0 Å². The third-order valence-electron chi connectivity index (χ3n) is 3.45. The lowest BCUT2D eigenvalue weighted by Crippen LogP contribution is -2.03. The SMILES string of the molecule is Brc1cccc(C(c2ccccc2)c2ccccc2)c1. The first-order chi connectivity index (χ1) is 9.84. The second kappa shape index (κ2) is 6.06. The van der Waals surface area contributed by atoms with Crippen molar-refractivity contribution in [1.29, 1.82) is 0 Å². The van der Waals surface area contributed by atoms with Gasteiger partial charge in [0.1, 0.15) is 0 Å². The quantitative estimate of drug-likeness (QED) is 0.548. The molecule has 3 rings (SSSR count). The van der Waals surface area contributed by atoms with Crippen LogP contribution in [0.25, 0.3) is 0 Å². The van der Waals surface area contributed by atoms with Gasteiger partial charge in [-0.3, -0.25) is 0 Å². The average Bonchev–Trinajstić information content (AvgIpc) is 2.50. The first-order valence-corrected chi connectivity index (χ1v) is 7.49. The number of benzene rings is 3. The van der Waals surface area contributed by atoms with Crippen LogP contribution in [0.4, 0.5) is 0 Å². The summed E-state index contributed by atoms with van der Waals surface area (Å²) in [4.78, 5) is 0. The zero-order valence-electron chi connectivity index (χ0n) is 11.0. The van der Waals surface area contributed by atoms with E-state index in [1.807, 2.05) is 0 Å². The maximum Gasteiger partial charge on any atom is 0.0340 e. The lowest BCUT2D eigenvalue weighted by molar-refractivity contribution is 0.976. The highest BCUT2D eigenvalue weighted by molar-refractivity contribution is 9.10. The van der Waals surface area contributed by atoms with E-state index in [0.29, 0.717) is 0 Å². The summed E-state index contributed by atoms with van der Waals surface area (Å²) in [7, 11) is 0. The van der Waals surface area contributed by atoms with Crippen LogP contribution in [-0.4, -0.2) is 0 Å². The van der Waals surface area contributed by atoms with Gasteiger partial charge in [-0.2, -0.15) is 0 Å². The molecule has 0 fully saturated rings. The molecule has 0 aliphatic heterocycles. The van der Waals surface area contributed by atoms with Crippen molar-refractivity contribution in [2.75, 3.05) is 0 Å². The number of halogens is 1. The zero-order valence-corrected chi connectivity index (χ0v) is 12.6. The molecule has 0 aromatic heterocycles. The highest BCUT2D eigenvalue weighted by Crippen LogP contribution is 2.32. The van der Waals surface area contributed by atoms with Crippen molar-refractivity contribution in [3.05, 3.63) is 106 Å². The molecule has 0 unspecified atom stereocenters. The molecule has 0 nitrogen and oxygen atoms in total. The Hall–Kier alpha value is -1.86. The Morgan fingerprint density at radius 1 is 0.550 bits per heavy atom. The third kappa shape index (κ3) is 2.83. The molecule has 0 N–H and O–H groups in total. The number of rotatable bonds is 3. The molecule has 0 aliphatic rings. The average molecular weight is 323 g/mol. The van der Waals surface area contributed by atoms with Gasteiger partial charge in [-0.1, -0.05) is 88.7 Å². The smallest absolute Gasteiger partial charge is 0.0340 e. The van der Waals surface area contributed by atoms with E-state index in [0.717, 1.165) is 4.47 Å². The van der Waals surface area contributed by atoms with E-state index in [1.165, 1.54) is 16.7 Å². The van der Waals surface area contributed by atoms with Gasteiger partial charge in [0.2, 0.25) is 0 Å². The van der Waals surface area contributed by atoms with Crippen molar-refractivity contribution < 1.29 is 0 Å². The first kappa shape index (κ1) is 13.1. The van der Waals surface area contributed by atoms with Gasteiger partial charge < -0.3 is 0 Å². The Morgan fingerprint density at radius 3 is 1.55 bits per heavy atom. The molecule has 98 valence electrons. The van der Waals surface area contributed by atoms with Crippen molar-refractivity contribution in [2.24, 2.45) is 0 Å². The summed E-state index contributed by atoms with van der Waals surface area (Å²) < 4.78 is 1.12. The van der Waals surface area contributed by atoms with Crippen molar-refractivity contribution in [1.82, 2.24) is 0 Å². The van der Waals surface area contributed by atoms with Gasteiger partial charge in [-0.05, 0) is 28.8 Å². The Kier molecular flexibility index (Phi) is 3.98. The minimum Gasteiger partial charge on any atom is -0.0622 e. The van der Waals surface area contributed by atoms with E-state index in [4.69, 9.17) is 0 Å². The summed E-state index contributed by atoms with van der Waals surface area (Å²) in [5.74, 6) is 0.273. The number of hydrogen-bond donors (Lipinski definition) is 0. The molecule has 0 saturated heterocycles. The molecule has 3 aromatic carbocycles.